The smallest absolute Gasteiger partial charge is 0.282 e. The molecule has 1 N–H and O–H groups in total. The largest absolute Gasteiger partial charge is 0.338 e. The molecule has 1 aromatic carbocycles. The second-order valence-corrected chi connectivity index (χ2v) is 11.8. The highest BCUT2D eigenvalue weighted by atomic mass is 32.2. The summed E-state index contributed by atoms with van der Waals surface area (Å²) in [6.45, 7) is 9.19. The lowest BCUT2D eigenvalue weighted by Gasteiger charge is -2.37. The molecule has 0 radical (unpaired) electrons. The zero-order valence-electron chi connectivity index (χ0n) is 19.6. The number of carbonyl (C=O) groups is 1. The van der Waals surface area contributed by atoms with Crippen LogP contribution >= 0.6 is 0 Å². The Morgan fingerprint density at radius 1 is 1.12 bits per heavy atom. The first kappa shape index (κ1) is 25.6. The first-order valence-corrected chi connectivity index (χ1v) is 14.2. The van der Waals surface area contributed by atoms with Gasteiger partial charge < -0.3 is 4.90 Å². The number of fused-ring (bicyclic) bond motifs is 1. The SMILES string of the molecule is CC[C@H](C)[C@H](N=C1NS(=O)(=O)c2ccccc21)C(=O)N1CCN(S(=O)(=O)N(CC)CC)CC1. The van der Waals surface area contributed by atoms with E-state index < -0.39 is 26.3 Å². The number of sulfonamides is 1. The van der Waals surface area contributed by atoms with E-state index in [2.05, 4.69) is 9.71 Å². The van der Waals surface area contributed by atoms with Gasteiger partial charge >= 0.3 is 0 Å². The van der Waals surface area contributed by atoms with Crippen LogP contribution in [0.5, 0.6) is 0 Å². The van der Waals surface area contributed by atoms with Gasteiger partial charge in [-0.05, 0) is 18.1 Å². The fourth-order valence-corrected chi connectivity index (χ4v) is 6.90. The van der Waals surface area contributed by atoms with Crippen molar-refractivity contribution in [2.24, 2.45) is 10.9 Å². The van der Waals surface area contributed by atoms with Gasteiger partial charge in [-0.1, -0.05) is 46.2 Å². The van der Waals surface area contributed by atoms with E-state index in [0.29, 0.717) is 25.1 Å². The van der Waals surface area contributed by atoms with Crippen molar-refractivity contribution in [2.75, 3.05) is 39.3 Å². The molecule has 3 rings (SSSR count). The second-order valence-electron chi connectivity index (χ2n) is 8.23. The maximum atomic E-state index is 13.4. The normalized spacial score (nSPS) is 21.6. The van der Waals surface area contributed by atoms with Crippen molar-refractivity contribution in [2.45, 2.75) is 45.1 Å². The maximum absolute atomic E-state index is 13.4. The van der Waals surface area contributed by atoms with Gasteiger partial charge in [0.1, 0.15) is 11.9 Å². The summed E-state index contributed by atoms with van der Waals surface area (Å²) in [5, 5.41) is 0. The molecule has 0 saturated carbocycles. The Morgan fingerprint density at radius 3 is 2.30 bits per heavy atom. The first-order valence-electron chi connectivity index (χ1n) is 11.3. The molecule has 0 spiro atoms. The van der Waals surface area contributed by atoms with Gasteiger partial charge in [0, 0.05) is 44.8 Å². The summed E-state index contributed by atoms with van der Waals surface area (Å²) >= 11 is 0. The fraction of sp³-hybridized carbons (Fsp3) is 0.619. The number of hydrogen-bond acceptors (Lipinski definition) is 6. The van der Waals surface area contributed by atoms with Crippen molar-refractivity contribution in [3.05, 3.63) is 29.8 Å². The number of carbonyl (C=O) groups excluding carboxylic acids is 1. The van der Waals surface area contributed by atoms with Crippen LogP contribution in [0.3, 0.4) is 0 Å². The molecular formula is C21H33N5O5S2. The molecule has 1 fully saturated rings. The van der Waals surface area contributed by atoms with Gasteiger partial charge in [0.25, 0.3) is 20.2 Å². The lowest BCUT2D eigenvalue weighted by atomic mass is 9.98. The van der Waals surface area contributed by atoms with E-state index in [0.717, 1.165) is 0 Å². The Labute approximate surface area is 196 Å². The van der Waals surface area contributed by atoms with E-state index in [1.165, 1.54) is 14.7 Å². The molecule has 184 valence electrons. The molecule has 10 nitrogen and oxygen atoms in total. The third-order valence-corrected chi connectivity index (χ3v) is 9.86. The summed E-state index contributed by atoms with van der Waals surface area (Å²) in [6, 6.07) is 5.78. The van der Waals surface area contributed by atoms with Crippen LogP contribution in [0.15, 0.2) is 34.2 Å². The first-order chi connectivity index (χ1) is 15.6. The predicted octanol–water partition coefficient (Wildman–Crippen LogP) is 0.871. The molecular weight excluding hydrogens is 466 g/mol. The standard InChI is InChI=1S/C21H33N5O5S2/c1-5-16(4)19(22-20-17-10-8-9-11-18(17)32(28,29)23-20)21(27)24-12-14-26(15-13-24)33(30,31)25(6-2)7-3/h8-11,16,19H,5-7,12-15H2,1-4H3,(H,22,23)/t16-,19-/m0/s1. The topological polar surface area (TPSA) is 119 Å². The van der Waals surface area contributed by atoms with Gasteiger partial charge in [-0.2, -0.15) is 17.0 Å². The number of rotatable bonds is 8. The van der Waals surface area contributed by atoms with Crippen molar-refractivity contribution in [3.63, 3.8) is 0 Å². The maximum Gasteiger partial charge on any atom is 0.282 e. The molecule has 1 saturated heterocycles. The zero-order valence-corrected chi connectivity index (χ0v) is 21.2. The van der Waals surface area contributed by atoms with Crippen molar-refractivity contribution in [1.82, 2.24) is 18.2 Å². The molecule has 2 aliphatic rings. The Balaban J connectivity index is 1.81. The number of nitrogens with one attached hydrogen (secondary N) is 1. The molecule has 1 amide bonds. The lowest BCUT2D eigenvalue weighted by Crippen LogP contribution is -2.56. The molecule has 1 aromatic rings. The van der Waals surface area contributed by atoms with Gasteiger partial charge in [-0.25, -0.2) is 8.42 Å². The van der Waals surface area contributed by atoms with Crippen LogP contribution < -0.4 is 4.72 Å². The van der Waals surface area contributed by atoms with E-state index in [9.17, 15) is 21.6 Å². The second kappa shape index (κ2) is 10.1. The Kier molecular flexibility index (Phi) is 7.82. The molecule has 2 atom stereocenters. The van der Waals surface area contributed by atoms with Crippen LogP contribution in [-0.4, -0.2) is 87.4 Å². The van der Waals surface area contributed by atoms with E-state index in [4.69, 9.17) is 0 Å². The number of piperazine rings is 1. The Morgan fingerprint density at radius 2 is 1.73 bits per heavy atom. The summed E-state index contributed by atoms with van der Waals surface area (Å²) < 4.78 is 55.7. The molecule has 2 aliphatic heterocycles. The Bertz CT molecular complexity index is 1110. The van der Waals surface area contributed by atoms with Gasteiger partial charge in [-0.3, -0.25) is 14.5 Å². The van der Waals surface area contributed by atoms with E-state index in [-0.39, 0.29) is 48.7 Å². The molecule has 12 heteroatoms. The van der Waals surface area contributed by atoms with Gasteiger partial charge in [-0.15, -0.1) is 0 Å². The van der Waals surface area contributed by atoms with E-state index >= 15 is 0 Å². The number of benzene rings is 1. The summed E-state index contributed by atoms with van der Waals surface area (Å²) in [6.07, 6.45) is 0.678. The Hall–Kier alpha value is -2.02. The summed E-state index contributed by atoms with van der Waals surface area (Å²) in [5.41, 5.74) is 0.453. The van der Waals surface area contributed by atoms with Crippen LogP contribution in [-0.2, 0) is 25.0 Å². The number of hydrogen-bond donors (Lipinski definition) is 1. The minimum Gasteiger partial charge on any atom is -0.338 e. The van der Waals surface area contributed by atoms with Crippen molar-refractivity contribution in [3.8, 4) is 0 Å². The third kappa shape index (κ3) is 5.08. The minimum absolute atomic E-state index is 0.125. The monoisotopic (exact) mass is 499 g/mol. The summed E-state index contributed by atoms with van der Waals surface area (Å²) in [4.78, 5) is 19.8. The quantitative estimate of drug-likeness (QED) is 0.569. The third-order valence-electron chi connectivity index (χ3n) is 6.28. The van der Waals surface area contributed by atoms with E-state index in [1.54, 1.807) is 36.9 Å². The van der Waals surface area contributed by atoms with E-state index in [1.807, 2.05) is 13.8 Å². The average molecular weight is 500 g/mol. The highest BCUT2D eigenvalue weighted by Gasteiger charge is 2.37. The number of aliphatic imine (C=N–C) groups is 1. The molecule has 0 unspecified atom stereocenters. The van der Waals surface area contributed by atoms with Gasteiger partial charge in [0.05, 0.1) is 4.90 Å². The summed E-state index contributed by atoms with van der Waals surface area (Å²) in [5.74, 6) is -0.174. The van der Waals surface area contributed by atoms with Crippen LogP contribution in [0.2, 0.25) is 0 Å². The average Bonchev–Trinajstić information content (AvgIpc) is 3.07. The summed E-state index contributed by atoms with van der Waals surface area (Å²) in [7, 11) is -7.26. The number of nitrogens with zero attached hydrogens (tertiary/aromatic N) is 4. The van der Waals surface area contributed by atoms with Crippen molar-refractivity contribution < 1.29 is 21.6 Å². The molecule has 0 aromatic heterocycles. The molecule has 0 bridgehead atoms. The highest BCUT2D eigenvalue weighted by molar-refractivity contribution is 7.90. The van der Waals surface area contributed by atoms with Gasteiger partial charge in [0.2, 0.25) is 5.91 Å². The van der Waals surface area contributed by atoms with Crippen LogP contribution in [0, 0.1) is 5.92 Å². The van der Waals surface area contributed by atoms with Gasteiger partial charge in [0.15, 0.2) is 0 Å². The van der Waals surface area contributed by atoms with Crippen molar-refractivity contribution >= 4 is 32.0 Å². The van der Waals surface area contributed by atoms with Crippen molar-refractivity contribution in [1.29, 1.82) is 0 Å². The van der Waals surface area contributed by atoms with Crippen LogP contribution in [0.4, 0.5) is 0 Å². The highest BCUT2D eigenvalue weighted by Crippen LogP contribution is 2.25. The molecule has 2 heterocycles. The molecule has 33 heavy (non-hydrogen) atoms. The zero-order chi connectivity index (χ0) is 24.4. The fourth-order valence-electron chi connectivity index (χ4n) is 4.06. The van der Waals surface area contributed by atoms with Crippen LogP contribution in [0.1, 0.15) is 39.7 Å². The number of amidine groups is 1. The molecule has 0 aliphatic carbocycles. The lowest BCUT2D eigenvalue weighted by molar-refractivity contribution is -0.134. The number of amides is 1. The van der Waals surface area contributed by atoms with Crippen LogP contribution in [0.25, 0.3) is 0 Å². The minimum atomic E-state index is -3.70. The predicted molar refractivity (Wildman–Crippen MR) is 127 cm³/mol.